The number of hydrogen-bond acceptors (Lipinski definition) is 2. The first-order valence-electron chi connectivity index (χ1n) is 5.02. The maximum absolute atomic E-state index is 11.1. The van der Waals surface area contributed by atoms with Crippen molar-refractivity contribution in [3.63, 3.8) is 0 Å². The second kappa shape index (κ2) is 5.35. The fourth-order valence-corrected chi connectivity index (χ4v) is 2.04. The third kappa shape index (κ3) is 3.39. The quantitative estimate of drug-likeness (QED) is 0.486. The number of esters is 1. The first-order valence-corrected chi connectivity index (χ1v) is 6.44. The molecule has 3 heteroatoms. The average molecular weight is 186 g/mol. The summed E-state index contributed by atoms with van der Waals surface area (Å²) < 4.78 is 5.32. The molecule has 1 saturated carbocycles. The normalized spacial score (nSPS) is 19.3. The zero-order valence-corrected chi connectivity index (χ0v) is 9.84. The van der Waals surface area contributed by atoms with Crippen molar-refractivity contribution in [1.29, 1.82) is 0 Å². The monoisotopic (exact) mass is 186 g/mol. The maximum Gasteiger partial charge on any atom is 0.305 e. The number of hydrogen-bond donors (Lipinski definition) is 0. The fraction of sp³-hybridized carbons (Fsp3) is 0.889. The van der Waals surface area contributed by atoms with Crippen LogP contribution in [0.15, 0.2) is 0 Å². The van der Waals surface area contributed by atoms with Crippen molar-refractivity contribution in [2.75, 3.05) is 0 Å². The Hall–Kier alpha value is -0.313. The van der Waals surface area contributed by atoms with Gasteiger partial charge in [-0.25, -0.2) is 0 Å². The molecule has 0 atom stereocenters. The lowest BCUT2D eigenvalue weighted by Gasteiger charge is -2.21. The number of rotatable bonds is 3. The maximum atomic E-state index is 11.1. The lowest BCUT2D eigenvalue weighted by molar-refractivity contribution is -0.150. The van der Waals surface area contributed by atoms with Crippen LogP contribution in [0.3, 0.4) is 0 Å². The fourth-order valence-electron chi connectivity index (χ4n) is 1.63. The van der Waals surface area contributed by atoms with Crippen LogP contribution in [-0.4, -0.2) is 22.3 Å². The second-order valence-corrected chi connectivity index (χ2v) is 4.50. The van der Waals surface area contributed by atoms with Crippen LogP contribution in [0.1, 0.15) is 38.5 Å². The Morgan fingerprint density at radius 2 is 2.00 bits per heavy atom. The topological polar surface area (TPSA) is 26.3 Å². The molecule has 2 nitrogen and oxygen atoms in total. The molecule has 0 spiro atoms. The zero-order valence-electron chi connectivity index (χ0n) is 7.84. The summed E-state index contributed by atoms with van der Waals surface area (Å²) in [6, 6.07) is 1.03. The second-order valence-electron chi connectivity index (χ2n) is 3.50. The Labute approximate surface area is 77.1 Å². The van der Waals surface area contributed by atoms with Crippen LogP contribution in [0, 0.1) is 0 Å². The van der Waals surface area contributed by atoms with Crippen molar-refractivity contribution in [3.8, 4) is 0 Å². The molecule has 0 bridgehead atoms. The standard InChI is InChI=1S/C9H18O2Si/c10-9(6-7-12)11-8-4-2-1-3-5-8/h8H,1-7H2,12H3. The Bertz CT molecular complexity index is 141. The molecule has 0 aliphatic heterocycles. The van der Waals surface area contributed by atoms with E-state index in [1.165, 1.54) is 19.3 Å². The number of ether oxygens (including phenoxy) is 1. The summed E-state index contributed by atoms with van der Waals surface area (Å²) in [5.74, 6) is 0.0249. The van der Waals surface area contributed by atoms with Gasteiger partial charge in [-0.15, -0.1) is 0 Å². The van der Waals surface area contributed by atoms with Crippen LogP contribution < -0.4 is 0 Å². The van der Waals surface area contributed by atoms with Crippen molar-refractivity contribution in [2.45, 2.75) is 50.7 Å². The molecule has 0 heterocycles. The Morgan fingerprint density at radius 1 is 1.33 bits per heavy atom. The van der Waals surface area contributed by atoms with E-state index in [0.717, 1.165) is 29.1 Å². The van der Waals surface area contributed by atoms with Gasteiger partial charge in [0.2, 0.25) is 0 Å². The lowest BCUT2D eigenvalue weighted by Crippen LogP contribution is -2.20. The molecule has 0 saturated heterocycles. The third-order valence-electron chi connectivity index (χ3n) is 2.30. The van der Waals surface area contributed by atoms with Gasteiger partial charge in [-0.05, 0) is 25.7 Å². The van der Waals surface area contributed by atoms with Gasteiger partial charge in [-0.2, -0.15) is 0 Å². The Balaban J connectivity index is 2.15. The molecule has 0 aromatic heterocycles. The molecule has 70 valence electrons. The molecular weight excluding hydrogens is 168 g/mol. The Morgan fingerprint density at radius 3 is 2.58 bits per heavy atom. The summed E-state index contributed by atoms with van der Waals surface area (Å²) in [6.07, 6.45) is 6.86. The largest absolute Gasteiger partial charge is 0.462 e. The summed E-state index contributed by atoms with van der Waals surface area (Å²) in [4.78, 5) is 11.1. The van der Waals surface area contributed by atoms with Crippen LogP contribution >= 0.6 is 0 Å². The van der Waals surface area contributed by atoms with Crippen LogP contribution in [0.5, 0.6) is 0 Å². The van der Waals surface area contributed by atoms with Crippen LogP contribution in [0.4, 0.5) is 0 Å². The molecule has 1 rings (SSSR count). The van der Waals surface area contributed by atoms with Gasteiger partial charge in [0.15, 0.2) is 0 Å². The van der Waals surface area contributed by atoms with Crippen molar-refractivity contribution in [2.24, 2.45) is 0 Å². The van der Waals surface area contributed by atoms with Crippen molar-refractivity contribution >= 4 is 16.2 Å². The van der Waals surface area contributed by atoms with E-state index in [1.807, 2.05) is 0 Å². The highest BCUT2D eigenvalue weighted by atomic mass is 28.1. The van der Waals surface area contributed by atoms with Crippen molar-refractivity contribution in [3.05, 3.63) is 0 Å². The van der Waals surface area contributed by atoms with E-state index in [2.05, 4.69) is 0 Å². The van der Waals surface area contributed by atoms with E-state index >= 15 is 0 Å². The molecule has 12 heavy (non-hydrogen) atoms. The molecule has 0 aromatic carbocycles. The Kier molecular flexibility index (Phi) is 4.36. The van der Waals surface area contributed by atoms with E-state index in [4.69, 9.17) is 4.74 Å². The van der Waals surface area contributed by atoms with Crippen molar-refractivity contribution in [1.82, 2.24) is 0 Å². The molecule has 1 fully saturated rings. The molecule has 1 aliphatic carbocycles. The van der Waals surface area contributed by atoms with E-state index in [1.54, 1.807) is 0 Å². The summed E-state index contributed by atoms with van der Waals surface area (Å²) >= 11 is 0. The summed E-state index contributed by atoms with van der Waals surface area (Å²) in [5, 5.41) is 0. The average Bonchev–Trinajstić information content (AvgIpc) is 2.06. The minimum absolute atomic E-state index is 0.0249. The minimum Gasteiger partial charge on any atom is -0.462 e. The highest BCUT2D eigenvalue weighted by molar-refractivity contribution is 6.09. The molecule has 0 aromatic rings. The molecule has 0 radical (unpaired) electrons. The van der Waals surface area contributed by atoms with Gasteiger partial charge in [-0.1, -0.05) is 12.5 Å². The molecular formula is C9H18O2Si. The smallest absolute Gasteiger partial charge is 0.305 e. The summed E-state index contributed by atoms with van der Waals surface area (Å²) in [7, 11) is 1.10. The van der Waals surface area contributed by atoms with Crippen LogP contribution in [-0.2, 0) is 9.53 Å². The van der Waals surface area contributed by atoms with E-state index in [-0.39, 0.29) is 12.1 Å². The predicted octanol–water partition coefficient (Wildman–Crippen LogP) is 1.04. The highest BCUT2D eigenvalue weighted by Gasteiger charge is 2.16. The van der Waals surface area contributed by atoms with Gasteiger partial charge in [0.05, 0.1) is 0 Å². The highest BCUT2D eigenvalue weighted by Crippen LogP contribution is 2.20. The van der Waals surface area contributed by atoms with Gasteiger partial charge >= 0.3 is 5.97 Å². The third-order valence-corrected chi connectivity index (χ3v) is 2.80. The minimum atomic E-state index is 0.0249. The van der Waals surface area contributed by atoms with E-state index in [9.17, 15) is 4.79 Å². The van der Waals surface area contributed by atoms with Gasteiger partial charge in [-0.3, -0.25) is 4.79 Å². The molecule has 0 unspecified atom stereocenters. The molecule has 1 aliphatic rings. The first-order chi connectivity index (χ1) is 5.83. The number of carbonyl (C=O) groups excluding carboxylic acids is 1. The van der Waals surface area contributed by atoms with E-state index < -0.39 is 0 Å². The van der Waals surface area contributed by atoms with Crippen molar-refractivity contribution < 1.29 is 9.53 Å². The molecule has 0 amide bonds. The van der Waals surface area contributed by atoms with Gasteiger partial charge < -0.3 is 4.74 Å². The summed E-state index contributed by atoms with van der Waals surface area (Å²) in [6.45, 7) is 0. The predicted molar refractivity (Wildman–Crippen MR) is 52.3 cm³/mol. The zero-order chi connectivity index (χ0) is 8.81. The van der Waals surface area contributed by atoms with Gasteiger partial charge in [0, 0.05) is 16.7 Å². The van der Waals surface area contributed by atoms with Crippen LogP contribution in [0.2, 0.25) is 6.04 Å². The van der Waals surface area contributed by atoms with Gasteiger partial charge in [0.25, 0.3) is 0 Å². The first kappa shape index (κ1) is 9.77. The van der Waals surface area contributed by atoms with Gasteiger partial charge in [0.1, 0.15) is 6.10 Å². The SMILES string of the molecule is O=C(CC[SiH3])OC1CCCCC1. The summed E-state index contributed by atoms with van der Waals surface area (Å²) in [5.41, 5.74) is 0. The van der Waals surface area contributed by atoms with Crippen LogP contribution in [0.25, 0.3) is 0 Å². The lowest BCUT2D eigenvalue weighted by atomic mass is 9.98. The van der Waals surface area contributed by atoms with E-state index in [0.29, 0.717) is 6.42 Å². The molecule has 0 N–H and O–H groups in total. The number of carbonyl (C=O) groups is 1.